The summed E-state index contributed by atoms with van der Waals surface area (Å²) < 4.78 is 62.9. The van der Waals surface area contributed by atoms with Gasteiger partial charge >= 0.3 is 21.3 Å². The Labute approximate surface area is 122 Å². The van der Waals surface area contributed by atoms with Crippen LogP contribution in [0.2, 0.25) is 0 Å². The van der Waals surface area contributed by atoms with Gasteiger partial charge in [-0.3, -0.25) is 10.1 Å². The van der Waals surface area contributed by atoms with E-state index >= 15 is 0 Å². The van der Waals surface area contributed by atoms with E-state index in [0.717, 1.165) is 11.6 Å². The molecule has 0 saturated carbocycles. The molecule has 0 atom stereocenters. The number of hydrogen-bond acceptors (Lipinski definition) is 5. The number of hydrogen-bond donors (Lipinski definition) is 0. The maximum absolute atomic E-state index is 12.3. The number of halogens is 3. The maximum Gasteiger partial charge on any atom is 0.534 e. The molecule has 10 heteroatoms. The minimum Gasteiger partial charge on any atom is -0.369 e. The van der Waals surface area contributed by atoms with Crippen molar-refractivity contribution in [3.05, 3.63) is 46.0 Å². The van der Waals surface area contributed by atoms with E-state index in [4.69, 9.17) is 0 Å². The van der Waals surface area contributed by atoms with Crippen molar-refractivity contribution in [3.8, 4) is 5.75 Å². The minimum atomic E-state index is -5.99. The van der Waals surface area contributed by atoms with Crippen LogP contribution in [-0.2, 0) is 10.1 Å². The molecule has 2 rings (SSSR count). The number of fused-ring (bicyclic) bond motifs is 1. The first kappa shape index (κ1) is 16.0. The molecule has 0 aliphatic heterocycles. The fourth-order valence-corrected chi connectivity index (χ4v) is 2.30. The Bertz CT molecular complexity index is 861. The average molecular weight is 335 g/mol. The van der Waals surface area contributed by atoms with Gasteiger partial charge in [0.1, 0.15) is 0 Å². The Morgan fingerprint density at radius 2 is 1.82 bits per heavy atom. The molecule has 0 radical (unpaired) electrons. The van der Waals surface area contributed by atoms with Crippen molar-refractivity contribution in [2.45, 2.75) is 12.4 Å². The van der Waals surface area contributed by atoms with E-state index in [1.54, 1.807) is 13.0 Å². The van der Waals surface area contributed by atoms with Gasteiger partial charge in [-0.1, -0.05) is 23.8 Å². The molecule has 2 aromatic rings. The molecule has 0 saturated heterocycles. The molecule has 0 amide bonds. The average Bonchev–Trinajstić information content (AvgIpc) is 2.36. The number of nitrogens with zero attached hydrogens (tertiary/aromatic N) is 1. The summed E-state index contributed by atoms with van der Waals surface area (Å²) in [6.45, 7) is 1.73. The normalized spacial score (nSPS) is 12.4. The molecule has 0 bridgehead atoms. The van der Waals surface area contributed by atoms with Crippen LogP contribution in [0, 0.1) is 17.0 Å². The van der Waals surface area contributed by atoms with E-state index in [1.807, 2.05) is 0 Å². The SMILES string of the molecule is Cc1ccc2c([N+](=O)[O-])c(OS(=O)(=O)C(F)(F)F)ccc2c1. The van der Waals surface area contributed by atoms with Crippen molar-refractivity contribution in [1.82, 2.24) is 0 Å². The van der Waals surface area contributed by atoms with Crippen molar-refractivity contribution in [2.75, 3.05) is 0 Å². The summed E-state index contributed by atoms with van der Waals surface area (Å²) in [7, 11) is -5.99. The second kappa shape index (κ2) is 5.13. The van der Waals surface area contributed by atoms with Crippen molar-refractivity contribution < 1.29 is 30.7 Å². The summed E-state index contributed by atoms with van der Waals surface area (Å²) in [4.78, 5) is 10.1. The molecule has 0 fully saturated rings. The lowest BCUT2D eigenvalue weighted by molar-refractivity contribution is -0.383. The third-order valence-electron chi connectivity index (χ3n) is 2.78. The molecule has 0 N–H and O–H groups in total. The van der Waals surface area contributed by atoms with E-state index in [0.29, 0.717) is 5.39 Å². The van der Waals surface area contributed by atoms with Crippen molar-refractivity contribution in [3.63, 3.8) is 0 Å². The summed E-state index contributed by atoms with van der Waals surface area (Å²) in [6, 6.07) is 6.47. The quantitative estimate of drug-likeness (QED) is 0.372. The highest BCUT2D eigenvalue weighted by Crippen LogP contribution is 2.38. The lowest BCUT2D eigenvalue weighted by Crippen LogP contribution is -2.28. The number of nitro groups is 1. The highest BCUT2D eigenvalue weighted by atomic mass is 32.2. The highest BCUT2D eigenvalue weighted by molar-refractivity contribution is 7.88. The molecule has 0 heterocycles. The smallest absolute Gasteiger partial charge is 0.369 e. The van der Waals surface area contributed by atoms with Gasteiger partial charge in [0, 0.05) is 0 Å². The van der Waals surface area contributed by atoms with Gasteiger partial charge in [0.25, 0.3) is 0 Å². The highest BCUT2D eigenvalue weighted by Gasteiger charge is 2.49. The standard InChI is InChI=1S/C12H8F3NO5S/c1-7-2-4-9-8(6-7)3-5-10(11(9)16(17)18)21-22(19,20)12(13,14)15/h2-6H,1H3. The van der Waals surface area contributed by atoms with Gasteiger partial charge in [-0.2, -0.15) is 21.6 Å². The molecule has 6 nitrogen and oxygen atoms in total. The van der Waals surface area contributed by atoms with E-state index in [9.17, 15) is 31.7 Å². The first-order valence-electron chi connectivity index (χ1n) is 5.71. The van der Waals surface area contributed by atoms with Gasteiger partial charge < -0.3 is 4.18 Å². The third kappa shape index (κ3) is 2.82. The Morgan fingerprint density at radius 3 is 2.36 bits per heavy atom. The summed E-state index contributed by atoms with van der Waals surface area (Å²) in [5, 5.41) is 11.5. The van der Waals surface area contributed by atoms with E-state index in [1.165, 1.54) is 18.2 Å². The number of rotatable bonds is 3. The summed E-state index contributed by atoms with van der Waals surface area (Å²) >= 11 is 0. The largest absolute Gasteiger partial charge is 0.534 e. The second-order valence-electron chi connectivity index (χ2n) is 4.38. The molecule has 0 unspecified atom stereocenters. The van der Waals surface area contributed by atoms with E-state index < -0.39 is 32.0 Å². The number of aryl methyl sites for hydroxylation is 1. The third-order valence-corrected chi connectivity index (χ3v) is 3.74. The van der Waals surface area contributed by atoms with Crippen LogP contribution in [0.3, 0.4) is 0 Å². The molecule has 0 aliphatic carbocycles. The van der Waals surface area contributed by atoms with Gasteiger partial charge in [-0.25, -0.2) is 0 Å². The Hall–Kier alpha value is -2.36. The molecule has 0 spiro atoms. The van der Waals surface area contributed by atoms with Crippen LogP contribution in [0.25, 0.3) is 10.8 Å². The van der Waals surface area contributed by atoms with Crippen LogP contribution in [-0.4, -0.2) is 18.8 Å². The Balaban J connectivity index is 2.68. The van der Waals surface area contributed by atoms with Crippen molar-refractivity contribution in [2.24, 2.45) is 0 Å². The van der Waals surface area contributed by atoms with Crippen LogP contribution in [0.4, 0.5) is 18.9 Å². The van der Waals surface area contributed by atoms with E-state index in [2.05, 4.69) is 4.18 Å². The monoisotopic (exact) mass is 335 g/mol. The number of nitro benzene ring substituents is 1. The first-order valence-corrected chi connectivity index (χ1v) is 7.12. The first-order chi connectivity index (χ1) is 10.0. The maximum atomic E-state index is 12.3. The summed E-state index contributed by atoms with van der Waals surface area (Å²) in [5.74, 6) is -0.987. The Morgan fingerprint density at radius 1 is 1.18 bits per heavy atom. The molecular formula is C12H8F3NO5S. The zero-order valence-corrected chi connectivity index (χ0v) is 11.7. The predicted molar refractivity (Wildman–Crippen MR) is 70.9 cm³/mol. The zero-order chi connectivity index (χ0) is 16.7. The lowest BCUT2D eigenvalue weighted by atomic mass is 10.1. The van der Waals surface area contributed by atoms with Gasteiger partial charge in [-0.15, -0.1) is 0 Å². The van der Waals surface area contributed by atoms with Gasteiger partial charge in [0.2, 0.25) is 5.75 Å². The lowest BCUT2D eigenvalue weighted by Gasteiger charge is -2.11. The fourth-order valence-electron chi connectivity index (χ4n) is 1.83. The van der Waals surface area contributed by atoms with Crippen molar-refractivity contribution in [1.29, 1.82) is 0 Å². The minimum absolute atomic E-state index is 0.0227. The molecule has 118 valence electrons. The Kier molecular flexibility index (Phi) is 3.73. The van der Waals surface area contributed by atoms with E-state index in [-0.39, 0.29) is 5.39 Å². The molecular weight excluding hydrogens is 327 g/mol. The van der Waals surface area contributed by atoms with Crippen molar-refractivity contribution >= 4 is 26.6 Å². The van der Waals surface area contributed by atoms with Crippen LogP contribution in [0.1, 0.15) is 5.56 Å². The van der Waals surface area contributed by atoms with Gasteiger partial charge in [-0.05, 0) is 24.4 Å². The molecule has 22 heavy (non-hydrogen) atoms. The van der Waals surface area contributed by atoms with Crippen LogP contribution >= 0.6 is 0 Å². The van der Waals surface area contributed by atoms with Gasteiger partial charge in [0.05, 0.1) is 10.3 Å². The van der Waals surface area contributed by atoms with Gasteiger partial charge in [0.15, 0.2) is 0 Å². The fraction of sp³-hybridized carbons (Fsp3) is 0.167. The topological polar surface area (TPSA) is 86.5 Å². The zero-order valence-electron chi connectivity index (χ0n) is 10.9. The van der Waals surface area contributed by atoms with Crippen LogP contribution in [0.5, 0.6) is 5.75 Å². The molecule has 0 aromatic heterocycles. The second-order valence-corrected chi connectivity index (χ2v) is 5.92. The predicted octanol–water partition coefficient (Wildman–Crippen LogP) is 3.28. The summed E-state index contributed by atoms with van der Waals surface area (Å²) in [5.41, 5.74) is -5.74. The summed E-state index contributed by atoms with van der Waals surface area (Å²) in [6.07, 6.45) is 0. The molecule has 0 aliphatic rings. The number of alkyl halides is 3. The van der Waals surface area contributed by atoms with Crippen LogP contribution < -0.4 is 4.18 Å². The number of benzene rings is 2. The molecule has 2 aromatic carbocycles. The van der Waals surface area contributed by atoms with Crippen LogP contribution in [0.15, 0.2) is 30.3 Å².